The molecule has 2 nitrogen and oxygen atoms in total. The van der Waals surface area contributed by atoms with Crippen molar-refractivity contribution in [2.45, 2.75) is 6.10 Å². The van der Waals surface area contributed by atoms with Gasteiger partial charge in [0.15, 0.2) is 0 Å². The summed E-state index contributed by atoms with van der Waals surface area (Å²) >= 11 is 0. The van der Waals surface area contributed by atoms with Crippen molar-refractivity contribution < 1.29 is 9.47 Å². The van der Waals surface area contributed by atoms with E-state index >= 15 is 0 Å². The van der Waals surface area contributed by atoms with Crippen LogP contribution in [-0.4, -0.2) is 20.0 Å². The van der Waals surface area contributed by atoms with Crippen molar-refractivity contribution >= 4 is 0 Å². The summed E-state index contributed by atoms with van der Waals surface area (Å²) in [5.74, 6) is 0. The van der Waals surface area contributed by atoms with E-state index in [2.05, 4.69) is 18.2 Å². The lowest BCUT2D eigenvalue weighted by Crippen LogP contribution is -2.06. The van der Waals surface area contributed by atoms with Gasteiger partial charge in [-0.1, -0.05) is 6.08 Å². The van der Waals surface area contributed by atoms with Crippen LogP contribution in [-0.2, 0) is 9.47 Å². The molecular weight excluding hydrogens is 104 g/mol. The zero-order valence-corrected chi connectivity index (χ0v) is 5.09. The summed E-state index contributed by atoms with van der Waals surface area (Å²) in [5, 5.41) is 0. The zero-order chi connectivity index (χ0) is 6.41. The molecule has 0 aliphatic heterocycles. The van der Waals surface area contributed by atoms with Gasteiger partial charge >= 0.3 is 0 Å². The molecule has 1 atom stereocenters. The minimum Gasteiger partial charge on any atom is -0.359 e. The molecule has 0 heterocycles. The van der Waals surface area contributed by atoms with E-state index in [-0.39, 0.29) is 12.9 Å². The second-order valence-electron chi connectivity index (χ2n) is 1.35. The fourth-order valence-electron chi connectivity index (χ4n) is 0.223. The first-order valence-corrected chi connectivity index (χ1v) is 2.37. The lowest BCUT2D eigenvalue weighted by Gasteiger charge is -2.04. The highest BCUT2D eigenvalue weighted by atomic mass is 16.7. The quantitative estimate of drug-likeness (QED) is 0.402. The Balaban J connectivity index is 2.98. The van der Waals surface area contributed by atoms with E-state index in [1.165, 1.54) is 0 Å². The van der Waals surface area contributed by atoms with E-state index in [0.29, 0.717) is 0 Å². The molecule has 1 radical (unpaired) electrons. The molecule has 0 aliphatic carbocycles. The molecule has 0 amide bonds. The molecule has 0 saturated carbocycles. The Morgan fingerprint density at radius 2 is 2.38 bits per heavy atom. The average Bonchev–Trinajstić information content (AvgIpc) is 1.83. The van der Waals surface area contributed by atoms with Crippen LogP contribution in [0.25, 0.3) is 0 Å². The molecule has 0 aromatic carbocycles. The van der Waals surface area contributed by atoms with Crippen molar-refractivity contribution in [2.24, 2.45) is 0 Å². The smallest absolute Gasteiger partial charge is 0.147 e. The Bertz CT molecular complexity index is 61.5. The SMILES string of the molecule is [CH2][C@H](C=C)OCOC. The van der Waals surface area contributed by atoms with E-state index in [1.807, 2.05) is 0 Å². The van der Waals surface area contributed by atoms with E-state index in [4.69, 9.17) is 4.74 Å². The van der Waals surface area contributed by atoms with Gasteiger partial charge in [-0.25, -0.2) is 0 Å². The Hall–Kier alpha value is -0.340. The monoisotopic (exact) mass is 115 g/mol. The third-order valence-corrected chi connectivity index (χ3v) is 0.663. The third kappa shape index (κ3) is 3.84. The number of ether oxygens (including phenoxy) is 2. The molecule has 0 aliphatic rings. The van der Waals surface area contributed by atoms with Gasteiger partial charge in [0, 0.05) is 7.11 Å². The molecule has 0 unspecified atom stereocenters. The van der Waals surface area contributed by atoms with E-state index in [0.717, 1.165) is 0 Å². The Labute approximate surface area is 50.1 Å². The van der Waals surface area contributed by atoms with Gasteiger partial charge in [-0.2, -0.15) is 0 Å². The molecule has 0 bridgehead atoms. The normalized spacial score (nSPS) is 13.2. The molecular formula is C6H11O2. The molecule has 0 rings (SSSR count). The van der Waals surface area contributed by atoms with Gasteiger partial charge in [-0.15, -0.1) is 6.58 Å². The van der Waals surface area contributed by atoms with Gasteiger partial charge < -0.3 is 9.47 Å². The fourth-order valence-corrected chi connectivity index (χ4v) is 0.223. The highest BCUT2D eigenvalue weighted by molar-refractivity contribution is 4.80. The largest absolute Gasteiger partial charge is 0.359 e. The van der Waals surface area contributed by atoms with Crippen molar-refractivity contribution in [3.8, 4) is 0 Å². The Kier molecular flexibility index (Phi) is 4.61. The van der Waals surface area contributed by atoms with Crippen LogP contribution in [0.15, 0.2) is 12.7 Å². The molecule has 0 spiro atoms. The van der Waals surface area contributed by atoms with E-state index < -0.39 is 0 Å². The van der Waals surface area contributed by atoms with Crippen LogP contribution in [0.3, 0.4) is 0 Å². The van der Waals surface area contributed by atoms with Crippen LogP contribution in [0.2, 0.25) is 0 Å². The first kappa shape index (κ1) is 7.66. The van der Waals surface area contributed by atoms with Gasteiger partial charge in [-0.05, 0) is 6.92 Å². The molecule has 0 fully saturated rings. The maximum absolute atomic E-state index is 4.89. The van der Waals surface area contributed by atoms with Crippen molar-refractivity contribution in [2.75, 3.05) is 13.9 Å². The summed E-state index contributed by atoms with van der Waals surface area (Å²) in [6.45, 7) is 7.32. The van der Waals surface area contributed by atoms with Crippen LogP contribution in [0.5, 0.6) is 0 Å². The molecule has 0 N–H and O–H groups in total. The summed E-state index contributed by atoms with van der Waals surface area (Å²) in [7, 11) is 1.57. The Morgan fingerprint density at radius 1 is 1.75 bits per heavy atom. The lowest BCUT2D eigenvalue weighted by atomic mass is 10.4. The number of hydrogen-bond acceptors (Lipinski definition) is 2. The van der Waals surface area contributed by atoms with Gasteiger partial charge in [-0.3, -0.25) is 0 Å². The molecule has 0 aromatic rings. The standard InChI is InChI=1S/C6H11O2/c1-4-6(2)8-5-7-3/h4,6H,1-2,5H2,3H3/t6-/m1/s1. The molecule has 0 saturated heterocycles. The van der Waals surface area contributed by atoms with Crippen LogP contribution < -0.4 is 0 Å². The summed E-state index contributed by atoms with van der Waals surface area (Å²) in [4.78, 5) is 0. The lowest BCUT2D eigenvalue weighted by molar-refractivity contribution is -0.0418. The van der Waals surface area contributed by atoms with Crippen LogP contribution in [0.1, 0.15) is 0 Å². The van der Waals surface area contributed by atoms with E-state index in [1.54, 1.807) is 13.2 Å². The van der Waals surface area contributed by atoms with Gasteiger partial charge in [0.1, 0.15) is 6.79 Å². The van der Waals surface area contributed by atoms with Crippen molar-refractivity contribution in [3.05, 3.63) is 19.6 Å². The second kappa shape index (κ2) is 4.81. The molecule has 2 heteroatoms. The highest BCUT2D eigenvalue weighted by Crippen LogP contribution is 1.88. The maximum atomic E-state index is 4.89. The summed E-state index contributed by atoms with van der Waals surface area (Å²) in [6, 6.07) is 0. The van der Waals surface area contributed by atoms with Crippen LogP contribution in [0, 0.1) is 6.92 Å². The fraction of sp³-hybridized carbons (Fsp3) is 0.500. The number of methoxy groups -OCH3 is 1. The van der Waals surface area contributed by atoms with Crippen molar-refractivity contribution in [1.82, 2.24) is 0 Å². The van der Waals surface area contributed by atoms with E-state index in [9.17, 15) is 0 Å². The van der Waals surface area contributed by atoms with Gasteiger partial charge in [0.05, 0.1) is 6.10 Å². The van der Waals surface area contributed by atoms with Crippen LogP contribution in [0.4, 0.5) is 0 Å². The van der Waals surface area contributed by atoms with Crippen molar-refractivity contribution in [3.63, 3.8) is 0 Å². The molecule has 0 aromatic heterocycles. The summed E-state index contributed by atoms with van der Waals surface area (Å²) in [6.07, 6.45) is 1.45. The number of hydrogen-bond donors (Lipinski definition) is 0. The topological polar surface area (TPSA) is 18.5 Å². The minimum absolute atomic E-state index is 0.157. The molecule has 47 valence electrons. The summed E-state index contributed by atoms with van der Waals surface area (Å²) < 4.78 is 9.49. The third-order valence-electron chi connectivity index (χ3n) is 0.663. The zero-order valence-electron chi connectivity index (χ0n) is 5.09. The number of rotatable bonds is 4. The average molecular weight is 115 g/mol. The van der Waals surface area contributed by atoms with Crippen LogP contribution >= 0.6 is 0 Å². The first-order chi connectivity index (χ1) is 3.81. The predicted octanol–water partition coefficient (Wildman–Crippen LogP) is 0.996. The predicted molar refractivity (Wildman–Crippen MR) is 32.3 cm³/mol. The van der Waals surface area contributed by atoms with Crippen molar-refractivity contribution in [1.29, 1.82) is 0 Å². The molecule has 8 heavy (non-hydrogen) atoms. The Morgan fingerprint density at radius 3 is 2.75 bits per heavy atom. The van der Waals surface area contributed by atoms with Gasteiger partial charge in [0.2, 0.25) is 0 Å². The maximum Gasteiger partial charge on any atom is 0.147 e. The highest BCUT2D eigenvalue weighted by Gasteiger charge is 1.90. The van der Waals surface area contributed by atoms with Gasteiger partial charge in [0.25, 0.3) is 0 Å². The first-order valence-electron chi connectivity index (χ1n) is 2.37. The summed E-state index contributed by atoms with van der Waals surface area (Å²) in [5.41, 5.74) is 0. The second-order valence-corrected chi connectivity index (χ2v) is 1.35. The minimum atomic E-state index is -0.157.